The molecule has 1 saturated carbocycles. The van der Waals surface area contributed by atoms with Gasteiger partial charge in [0.1, 0.15) is 0 Å². The van der Waals surface area contributed by atoms with E-state index in [0.29, 0.717) is 11.3 Å². The Morgan fingerprint density at radius 2 is 2.00 bits per heavy atom. The summed E-state index contributed by atoms with van der Waals surface area (Å²) in [4.78, 5) is 19.9. The number of fused-ring (bicyclic) bond motifs is 2. The topological polar surface area (TPSA) is 153 Å². The van der Waals surface area contributed by atoms with Crippen molar-refractivity contribution in [1.82, 2.24) is 9.97 Å². The fraction of sp³-hybridized carbons (Fsp3) is 0.316. The van der Waals surface area contributed by atoms with Crippen LogP contribution in [0.15, 0.2) is 41.4 Å². The zero-order chi connectivity index (χ0) is 21.6. The number of carbonyl (C=O) groups excluding carboxylic acids is 1. The van der Waals surface area contributed by atoms with E-state index in [1.54, 1.807) is 19.1 Å². The highest BCUT2D eigenvalue weighted by Gasteiger charge is 2.47. The fourth-order valence-electron chi connectivity index (χ4n) is 4.21. The van der Waals surface area contributed by atoms with Crippen LogP contribution in [0.3, 0.4) is 0 Å². The van der Waals surface area contributed by atoms with Crippen LogP contribution in [0.1, 0.15) is 12.0 Å². The smallest absolute Gasteiger partial charge is 0.238 e. The van der Waals surface area contributed by atoms with Crippen LogP contribution in [-0.4, -0.2) is 30.3 Å². The van der Waals surface area contributed by atoms with Crippen LogP contribution in [0.2, 0.25) is 0 Å². The minimum absolute atomic E-state index is 0.0361. The van der Waals surface area contributed by atoms with Crippen LogP contribution in [0.5, 0.6) is 0 Å². The molecule has 0 unspecified atom stereocenters. The molecule has 0 spiro atoms. The fourth-order valence-corrected chi connectivity index (χ4v) is 5.01. The van der Waals surface area contributed by atoms with Gasteiger partial charge in [0.2, 0.25) is 21.9 Å². The maximum Gasteiger partial charge on any atom is 0.238 e. The molecule has 11 heteroatoms. The first kappa shape index (κ1) is 20.2. The van der Waals surface area contributed by atoms with Gasteiger partial charge in [0.05, 0.1) is 17.0 Å². The molecule has 30 heavy (non-hydrogen) atoms. The lowest BCUT2D eigenvalue weighted by Gasteiger charge is -2.27. The number of halogens is 1. The summed E-state index contributed by atoms with van der Waals surface area (Å²) in [7, 11) is -3.90. The molecule has 4 atom stereocenters. The SMILES string of the molecule is Cc1ccc(Nc2ncc(F)c(N[C@H]3[C@@H](C(N)=O)[C@@H]4C=C[C@H]3C4)n2)cc1S(N)(=O)=O. The van der Waals surface area contributed by atoms with Crippen molar-refractivity contribution in [1.29, 1.82) is 0 Å². The third-order valence-electron chi connectivity index (χ3n) is 5.59. The minimum Gasteiger partial charge on any atom is -0.369 e. The van der Waals surface area contributed by atoms with E-state index in [2.05, 4.69) is 20.6 Å². The van der Waals surface area contributed by atoms with Gasteiger partial charge in [-0.1, -0.05) is 18.2 Å². The molecule has 0 aliphatic heterocycles. The number of hydrogen-bond acceptors (Lipinski definition) is 7. The quantitative estimate of drug-likeness (QED) is 0.503. The van der Waals surface area contributed by atoms with E-state index in [0.717, 1.165) is 12.6 Å². The average Bonchev–Trinajstić information content (AvgIpc) is 3.26. The third kappa shape index (κ3) is 3.73. The molecular weight excluding hydrogens is 411 g/mol. The first-order valence-electron chi connectivity index (χ1n) is 9.30. The second-order valence-corrected chi connectivity index (χ2v) is 9.12. The highest BCUT2D eigenvalue weighted by atomic mass is 32.2. The lowest BCUT2D eigenvalue weighted by Crippen LogP contribution is -2.41. The van der Waals surface area contributed by atoms with Gasteiger partial charge in [-0.3, -0.25) is 4.79 Å². The number of aromatic nitrogens is 2. The number of primary sulfonamides is 1. The summed E-state index contributed by atoms with van der Waals surface area (Å²) in [5.74, 6) is -1.47. The minimum atomic E-state index is -3.90. The van der Waals surface area contributed by atoms with Crippen molar-refractivity contribution in [2.24, 2.45) is 28.6 Å². The van der Waals surface area contributed by atoms with Crippen molar-refractivity contribution in [2.45, 2.75) is 24.3 Å². The predicted molar refractivity (Wildman–Crippen MR) is 109 cm³/mol. The monoisotopic (exact) mass is 432 g/mol. The number of amides is 1. The van der Waals surface area contributed by atoms with Gasteiger partial charge >= 0.3 is 0 Å². The van der Waals surface area contributed by atoms with Crippen LogP contribution in [0.4, 0.5) is 21.8 Å². The van der Waals surface area contributed by atoms with Gasteiger partial charge in [-0.2, -0.15) is 4.98 Å². The largest absolute Gasteiger partial charge is 0.369 e. The Kier molecular flexibility index (Phi) is 4.94. The Bertz CT molecular complexity index is 1150. The van der Waals surface area contributed by atoms with Crippen LogP contribution >= 0.6 is 0 Å². The molecule has 2 aromatic rings. The summed E-state index contributed by atoms with van der Waals surface area (Å²) >= 11 is 0. The maximum atomic E-state index is 14.4. The highest BCUT2D eigenvalue weighted by Crippen LogP contribution is 2.44. The number of nitrogens with two attached hydrogens (primary N) is 2. The number of primary amides is 1. The summed E-state index contributed by atoms with van der Waals surface area (Å²) in [6, 6.07) is 4.22. The third-order valence-corrected chi connectivity index (χ3v) is 6.64. The molecule has 1 heterocycles. The van der Waals surface area contributed by atoms with E-state index in [1.165, 1.54) is 6.07 Å². The molecule has 1 amide bonds. The summed E-state index contributed by atoms with van der Waals surface area (Å²) in [6.45, 7) is 1.62. The number of carbonyl (C=O) groups is 1. The standard InChI is InChI=1S/C19H21FN6O3S/c1-9-2-5-12(7-14(9)30(22,28)29)24-19-23-8-13(20)18(26-19)25-16-11-4-3-10(6-11)15(16)17(21)27/h2-5,7-8,10-11,15-16H,6H2,1H3,(H2,21,27)(H2,22,28,29)(H2,23,24,25,26)/t10-,11+,15+,16-/m1/s1. The van der Waals surface area contributed by atoms with Gasteiger partial charge in [-0.25, -0.2) is 22.9 Å². The number of rotatable bonds is 6. The van der Waals surface area contributed by atoms with Gasteiger partial charge < -0.3 is 16.4 Å². The van der Waals surface area contributed by atoms with Crippen molar-refractivity contribution in [3.05, 3.63) is 47.9 Å². The van der Waals surface area contributed by atoms with Gasteiger partial charge in [0, 0.05) is 11.7 Å². The molecular formula is C19H21FN6O3S. The number of allylic oxidation sites excluding steroid dienone is 1. The van der Waals surface area contributed by atoms with Crippen molar-refractivity contribution in [2.75, 3.05) is 10.6 Å². The van der Waals surface area contributed by atoms with E-state index >= 15 is 0 Å². The molecule has 1 fully saturated rings. The molecule has 6 N–H and O–H groups in total. The molecule has 0 radical (unpaired) electrons. The van der Waals surface area contributed by atoms with E-state index in [-0.39, 0.29) is 34.5 Å². The number of aryl methyl sites for hydroxylation is 1. The summed E-state index contributed by atoms with van der Waals surface area (Å²) in [6.07, 6.45) is 5.75. The maximum absolute atomic E-state index is 14.4. The van der Waals surface area contributed by atoms with E-state index < -0.39 is 27.7 Å². The van der Waals surface area contributed by atoms with Crippen LogP contribution in [0.25, 0.3) is 0 Å². The number of hydrogen-bond donors (Lipinski definition) is 4. The zero-order valence-electron chi connectivity index (χ0n) is 16.0. The summed E-state index contributed by atoms with van der Waals surface area (Å²) in [5.41, 5.74) is 6.42. The number of anilines is 3. The van der Waals surface area contributed by atoms with E-state index in [4.69, 9.17) is 10.9 Å². The molecule has 4 rings (SSSR count). The van der Waals surface area contributed by atoms with Crippen LogP contribution in [0, 0.1) is 30.5 Å². The first-order valence-corrected chi connectivity index (χ1v) is 10.9. The predicted octanol–water partition coefficient (Wildman–Crippen LogP) is 1.40. The van der Waals surface area contributed by atoms with E-state index in [1.807, 2.05) is 12.2 Å². The van der Waals surface area contributed by atoms with Gasteiger partial charge in [0.25, 0.3) is 0 Å². The molecule has 2 aliphatic carbocycles. The number of nitrogens with zero attached hydrogens (tertiary/aromatic N) is 2. The molecule has 1 aromatic heterocycles. The zero-order valence-corrected chi connectivity index (χ0v) is 16.9. The van der Waals surface area contributed by atoms with Crippen molar-refractivity contribution >= 4 is 33.4 Å². The average molecular weight is 432 g/mol. The Morgan fingerprint density at radius 1 is 1.27 bits per heavy atom. The molecule has 1 aromatic carbocycles. The van der Waals surface area contributed by atoms with Gasteiger partial charge in [-0.05, 0) is 42.9 Å². The Labute approximate surface area is 172 Å². The second kappa shape index (κ2) is 7.33. The molecule has 9 nitrogen and oxygen atoms in total. The van der Waals surface area contributed by atoms with E-state index in [9.17, 15) is 17.6 Å². The normalized spacial score (nSPS) is 24.8. The highest BCUT2D eigenvalue weighted by molar-refractivity contribution is 7.89. The Hall–Kier alpha value is -3.05. The van der Waals surface area contributed by atoms with Crippen molar-refractivity contribution in [3.63, 3.8) is 0 Å². The molecule has 158 valence electrons. The Morgan fingerprint density at radius 3 is 2.70 bits per heavy atom. The van der Waals surface area contributed by atoms with Crippen LogP contribution < -0.4 is 21.5 Å². The number of sulfonamides is 1. The van der Waals surface area contributed by atoms with Crippen LogP contribution in [-0.2, 0) is 14.8 Å². The van der Waals surface area contributed by atoms with Crippen molar-refractivity contribution in [3.8, 4) is 0 Å². The molecule has 2 aliphatic rings. The summed E-state index contributed by atoms with van der Waals surface area (Å²) in [5, 5.41) is 11.1. The molecule has 2 bridgehead atoms. The number of nitrogens with one attached hydrogen (secondary N) is 2. The lowest BCUT2D eigenvalue weighted by molar-refractivity contribution is -0.122. The van der Waals surface area contributed by atoms with Gasteiger partial charge in [-0.15, -0.1) is 0 Å². The Balaban J connectivity index is 1.59. The van der Waals surface area contributed by atoms with Gasteiger partial charge in [0.15, 0.2) is 11.6 Å². The lowest BCUT2D eigenvalue weighted by atomic mass is 9.88. The number of benzene rings is 1. The summed E-state index contributed by atoms with van der Waals surface area (Å²) < 4.78 is 37.8. The van der Waals surface area contributed by atoms with Crippen molar-refractivity contribution < 1.29 is 17.6 Å². The first-order chi connectivity index (χ1) is 14.1. The molecule has 0 saturated heterocycles. The second-order valence-electron chi connectivity index (χ2n) is 7.59.